The molecule has 5 N–H and O–H groups in total. The molecule has 0 bridgehead atoms. The average Bonchev–Trinajstić information content (AvgIpc) is 3.58. The summed E-state index contributed by atoms with van der Waals surface area (Å²) in [4.78, 5) is 22.7. The molecule has 168 valence electrons. The molecule has 1 aliphatic carbocycles. The smallest absolute Gasteiger partial charge is 0.250 e. The van der Waals surface area contributed by atoms with Crippen LogP contribution in [-0.4, -0.2) is 38.8 Å². The van der Waals surface area contributed by atoms with Crippen molar-refractivity contribution in [3.63, 3.8) is 0 Å². The minimum atomic E-state index is -0.417. The average molecular weight is 443 g/mol. The number of benzene rings is 2. The highest BCUT2D eigenvalue weighted by Crippen LogP contribution is 2.41. The first kappa shape index (κ1) is 22.0. The Morgan fingerprint density at radius 1 is 1.27 bits per heavy atom. The summed E-state index contributed by atoms with van der Waals surface area (Å²) in [5.74, 6) is 0.487. The third kappa shape index (κ3) is 4.55. The van der Waals surface area contributed by atoms with Crippen LogP contribution in [0.4, 0.5) is 17.3 Å². The number of hydrogen-bond donors (Lipinski definition) is 4. The lowest BCUT2D eigenvalue weighted by Crippen LogP contribution is -2.42. The number of carbonyl (C=O) groups excluding carboxylic acids is 1. The van der Waals surface area contributed by atoms with Crippen molar-refractivity contribution < 1.29 is 9.90 Å². The maximum Gasteiger partial charge on any atom is 0.250 e. The van der Waals surface area contributed by atoms with Crippen molar-refractivity contribution in [2.24, 2.45) is 0 Å². The first-order valence-electron chi connectivity index (χ1n) is 10.6. The van der Waals surface area contributed by atoms with Crippen LogP contribution < -0.4 is 16.0 Å². The number of rotatable bonds is 8. The Kier molecular flexibility index (Phi) is 5.83. The molecular weight excluding hydrogens is 416 g/mol. The molecule has 2 aromatic carbocycles. The number of phenolic OH excluding ortho intramolecular Hbond substituents is 1. The summed E-state index contributed by atoms with van der Waals surface area (Å²) in [6.07, 6.45) is 4.29. The second-order valence-corrected chi connectivity index (χ2v) is 8.23. The Balaban J connectivity index is 1.64. The molecule has 4 rings (SSSR count). The van der Waals surface area contributed by atoms with Crippen LogP contribution in [0.15, 0.2) is 67.5 Å². The van der Waals surface area contributed by atoms with Crippen LogP contribution in [0.2, 0.25) is 0 Å². The number of hydrogen-bond acceptors (Lipinski definition) is 7. The van der Waals surface area contributed by atoms with Gasteiger partial charge >= 0.3 is 0 Å². The summed E-state index contributed by atoms with van der Waals surface area (Å²) in [6, 6.07) is 14.4. The Labute approximate surface area is 192 Å². The highest BCUT2D eigenvalue weighted by Gasteiger charge is 2.46. The molecule has 8 heteroatoms. The van der Waals surface area contributed by atoms with E-state index in [0.29, 0.717) is 29.1 Å². The van der Waals surface area contributed by atoms with Gasteiger partial charge in [-0.3, -0.25) is 10.2 Å². The second kappa shape index (κ2) is 8.74. The van der Waals surface area contributed by atoms with Crippen molar-refractivity contribution in [2.75, 3.05) is 22.5 Å². The van der Waals surface area contributed by atoms with Gasteiger partial charge in [0.15, 0.2) is 0 Å². The van der Waals surface area contributed by atoms with Crippen LogP contribution in [0, 0.1) is 12.3 Å². The molecule has 8 nitrogen and oxygen atoms in total. The van der Waals surface area contributed by atoms with E-state index in [1.807, 2.05) is 30.3 Å². The summed E-state index contributed by atoms with van der Waals surface area (Å²) in [7, 11) is 0. The van der Waals surface area contributed by atoms with Crippen molar-refractivity contribution in [3.05, 3.63) is 84.2 Å². The van der Waals surface area contributed by atoms with Crippen LogP contribution in [-0.2, 0) is 4.79 Å². The molecule has 1 aromatic heterocycles. The first-order chi connectivity index (χ1) is 15.8. The quantitative estimate of drug-likeness (QED) is 0.311. The Bertz CT molecular complexity index is 1220. The van der Waals surface area contributed by atoms with E-state index in [9.17, 15) is 9.90 Å². The Morgan fingerprint density at radius 3 is 2.64 bits per heavy atom. The summed E-state index contributed by atoms with van der Waals surface area (Å²) in [5, 5.41) is 22.3. The van der Waals surface area contributed by atoms with E-state index in [-0.39, 0.29) is 23.2 Å². The zero-order valence-electron chi connectivity index (χ0n) is 18.4. The topological polar surface area (TPSA) is 128 Å². The molecule has 0 spiro atoms. The molecular formula is C25H26N6O2. The van der Waals surface area contributed by atoms with Gasteiger partial charge in [-0.15, -0.1) is 0 Å². The van der Waals surface area contributed by atoms with Gasteiger partial charge in [-0.05, 0) is 49.6 Å². The highest BCUT2D eigenvalue weighted by molar-refractivity contribution is 6.16. The molecule has 0 unspecified atom stereocenters. The van der Waals surface area contributed by atoms with Gasteiger partial charge < -0.3 is 21.1 Å². The zero-order valence-corrected chi connectivity index (χ0v) is 18.4. The number of nitrogens with one attached hydrogen (secondary N) is 2. The molecule has 1 aliphatic rings. The Morgan fingerprint density at radius 2 is 2.00 bits per heavy atom. The van der Waals surface area contributed by atoms with Gasteiger partial charge in [0.1, 0.15) is 23.7 Å². The largest absolute Gasteiger partial charge is 0.508 e. The minimum absolute atomic E-state index is 0.0993. The number of anilines is 3. The van der Waals surface area contributed by atoms with E-state index in [1.165, 1.54) is 18.5 Å². The number of amides is 1. The number of phenols is 1. The minimum Gasteiger partial charge on any atom is -0.508 e. The maximum atomic E-state index is 12.6. The molecule has 1 fully saturated rings. The summed E-state index contributed by atoms with van der Waals surface area (Å²) in [6.45, 7) is 5.83. The molecule has 0 saturated heterocycles. The Hall–Kier alpha value is -4.20. The zero-order chi connectivity index (χ0) is 23.6. The van der Waals surface area contributed by atoms with Gasteiger partial charge in [-0.2, -0.15) is 0 Å². The number of nitrogen functional groups attached to an aromatic ring is 1. The fourth-order valence-corrected chi connectivity index (χ4v) is 3.69. The fraction of sp³-hybridized carbons (Fsp3) is 0.200. The molecule has 33 heavy (non-hydrogen) atoms. The summed E-state index contributed by atoms with van der Waals surface area (Å²) < 4.78 is 0. The van der Waals surface area contributed by atoms with Gasteiger partial charge in [0.05, 0.1) is 16.8 Å². The van der Waals surface area contributed by atoms with Crippen molar-refractivity contribution in [3.8, 4) is 5.75 Å². The van der Waals surface area contributed by atoms with Crippen molar-refractivity contribution in [1.29, 1.82) is 5.41 Å². The number of nitrogens with zero attached hydrogens (tertiary/aromatic N) is 3. The molecule has 0 atom stereocenters. The van der Waals surface area contributed by atoms with Gasteiger partial charge in [-0.25, -0.2) is 9.97 Å². The lowest BCUT2D eigenvalue weighted by Gasteiger charge is -2.28. The van der Waals surface area contributed by atoms with E-state index < -0.39 is 5.54 Å². The third-order valence-electron chi connectivity index (χ3n) is 5.83. The van der Waals surface area contributed by atoms with E-state index in [2.05, 4.69) is 21.9 Å². The van der Waals surface area contributed by atoms with Crippen LogP contribution in [0.1, 0.15) is 29.5 Å². The number of para-hydroxylation sites is 1. The van der Waals surface area contributed by atoms with Crippen LogP contribution in [0.3, 0.4) is 0 Å². The van der Waals surface area contributed by atoms with Crippen LogP contribution in [0.5, 0.6) is 5.75 Å². The van der Waals surface area contributed by atoms with Gasteiger partial charge in [0.2, 0.25) is 5.91 Å². The van der Waals surface area contributed by atoms with Crippen molar-refractivity contribution in [2.45, 2.75) is 25.3 Å². The monoisotopic (exact) mass is 442 g/mol. The molecule has 1 saturated carbocycles. The van der Waals surface area contributed by atoms with Crippen LogP contribution >= 0.6 is 0 Å². The summed E-state index contributed by atoms with van der Waals surface area (Å²) in [5.41, 5.74) is 8.19. The predicted octanol–water partition coefficient (Wildman–Crippen LogP) is 3.65. The lowest BCUT2D eigenvalue weighted by molar-refractivity contribution is -0.114. The normalized spacial score (nSPS) is 13.7. The highest BCUT2D eigenvalue weighted by atomic mass is 16.3. The third-order valence-corrected chi connectivity index (χ3v) is 5.83. The first-order valence-corrected chi connectivity index (χ1v) is 10.6. The van der Waals surface area contributed by atoms with E-state index in [4.69, 9.17) is 11.1 Å². The SMILES string of the molecule is C=CC(=O)N(CC1(Nc2ncnc(N)c2C(=N)c2ccc(C)c(O)c2)CC1)c1ccccc1. The molecule has 0 aliphatic heterocycles. The van der Waals surface area contributed by atoms with Crippen molar-refractivity contribution in [1.82, 2.24) is 9.97 Å². The maximum absolute atomic E-state index is 12.6. The number of aryl methyl sites for hydroxylation is 1. The van der Waals surface area contributed by atoms with Gasteiger partial charge in [-0.1, -0.05) is 36.9 Å². The fourth-order valence-electron chi connectivity index (χ4n) is 3.69. The van der Waals surface area contributed by atoms with E-state index in [0.717, 1.165) is 18.5 Å². The number of aromatic hydroxyl groups is 1. The number of aromatic nitrogens is 2. The van der Waals surface area contributed by atoms with E-state index in [1.54, 1.807) is 24.0 Å². The lowest BCUT2D eigenvalue weighted by atomic mass is 10.0. The van der Waals surface area contributed by atoms with Gasteiger partial charge in [0.25, 0.3) is 0 Å². The predicted molar refractivity (Wildman–Crippen MR) is 130 cm³/mol. The molecule has 3 aromatic rings. The van der Waals surface area contributed by atoms with Gasteiger partial charge in [0, 0.05) is 17.8 Å². The van der Waals surface area contributed by atoms with E-state index >= 15 is 0 Å². The standard InChI is InChI=1S/C25H26N6O2/c1-3-20(33)31(18-7-5-4-6-8-18)14-25(11-12-25)30-24-21(23(27)28-15-29-24)22(26)17-10-9-16(2)19(32)13-17/h3-10,13,15,26,32H,1,11-12,14H2,2H3,(H3,27,28,29,30). The molecule has 1 amide bonds. The van der Waals surface area contributed by atoms with Crippen LogP contribution in [0.25, 0.3) is 0 Å². The molecule has 0 radical (unpaired) electrons. The number of carbonyl (C=O) groups is 1. The van der Waals surface area contributed by atoms with Crippen molar-refractivity contribution >= 4 is 28.9 Å². The molecule has 1 heterocycles. The summed E-state index contributed by atoms with van der Waals surface area (Å²) >= 11 is 0. The number of nitrogens with two attached hydrogens (primary N) is 1. The second-order valence-electron chi connectivity index (χ2n) is 8.23.